The van der Waals surface area contributed by atoms with Gasteiger partial charge in [0.1, 0.15) is 0 Å². The summed E-state index contributed by atoms with van der Waals surface area (Å²) in [5.41, 5.74) is 5.02. The number of carbonyl (C=O) groups excluding carboxylic acids is 1. The molecule has 0 unspecified atom stereocenters. The van der Waals surface area contributed by atoms with E-state index in [2.05, 4.69) is 15.5 Å². The van der Waals surface area contributed by atoms with Gasteiger partial charge in [-0.25, -0.2) is 9.78 Å². The second-order valence-electron chi connectivity index (χ2n) is 6.16. The molecule has 0 aliphatic carbocycles. The Bertz CT molecular complexity index is 1190. The summed E-state index contributed by atoms with van der Waals surface area (Å²) >= 11 is 7.37. The molecule has 0 aliphatic heterocycles. The fourth-order valence-corrected chi connectivity index (χ4v) is 3.62. The fraction of sp³-hybridized carbons (Fsp3) is 0.0455. The van der Waals surface area contributed by atoms with Crippen molar-refractivity contribution in [2.75, 3.05) is 12.5 Å². The van der Waals surface area contributed by atoms with Gasteiger partial charge in [0.05, 0.1) is 29.1 Å². The highest BCUT2D eigenvalue weighted by molar-refractivity contribution is 7.22. The van der Waals surface area contributed by atoms with Crippen LogP contribution in [0.4, 0.5) is 5.13 Å². The summed E-state index contributed by atoms with van der Waals surface area (Å²) in [7, 11) is 1.51. The molecule has 0 saturated carbocycles. The number of nitrogens with zero attached hydrogens (tertiary/aromatic N) is 2. The highest BCUT2D eigenvalue weighted by Gasteiger charge is 2.13. The minimum atomic E-state index is -0.496. The summed E-state index contributed by atoms with van der Waals surface area (Å²) in [5, 5.41) is 5.48. The first-order chi connectivity index (χ1) is 14.6. The van der Waals surface area contributed by atoms with E-state index in [1.165, 1.54) is 18.4 Å². The van der Waals surface area contributed by atoms with E-state index in [0.29, 0.717) is 27.2 Å². The van der Waals surface area contributed by atoms with Gasteiger partial charge in [-0.1, -0.05) is 35.1 Å². The lowest BCUT2D eigenvalue weighted by molar-refractivity contribution is 0.0729. The third-order valence-corrected chi connectivity index (χ3v) is 5.33. The zero-order valence-corrected chi connectivity index (χ0v) is 17.4. The maximum Gasteiger partial charge on any atom is 0.343 e. The van der Waals surface area contributed by atoms with Crippen molar-refractivity contribution in [3.63, 3.8) is 0 Å². The van der Waals surface area contributed by atoms with Gasteiger partial charge in [-0.2, -0.15) is 5.10 Å². The van der Waals surface area contributed by atoms with Crippen molar-refractivity contribution in [2.24, 2.45) is 5.10 Å². The summed E-state index contributed by atoms with van der Waals surface area (Å²) in [6.07, 6.45) is 1.64. The van der Waals surface area contributed by atoms with Crippen molar-refractivity contribution in [3.05, 3.63) is 82.9 Å². The van der Waals surface area contributed by atoms with Crippen molar-refractivity contribution in [1.82, 2.24) is 4.98 Å². The van der Waals surface area contributed by atoms with Crippen molar-refractivity contribution in [1.29, 1.82) is 0 Å². The first-order valence-electron chi connectivity index (χ1n) is 8.93. The Morgan fingerprint density at radius 3 is 2.67 bits per heavy atom. The summed E-state index contributed by atoms with van der Waals surface area (Å²) < 4.78 is 11.9. The van der Waals surface area contributed by atoms with Gasteiger partial charge in [-0.15, -0.1) is 0 Å². The highest BCUT2D eigenvalue weighted by Crippen LogP contribution is 2.29. The molecule has 8 heteroatoms. The van der Waals surface area contributed by atoms with Gasteiger partial charge in [0.25, 0.3) is 0 Å². The molecule has 150 valence electrons. The summed E-state index contributed by atoms with van der Waals surface area (Å²) in [5.74, 6) is 0.235. The average Bonchev–Trinajstić information content (AvgIpc) is 3.18. The number of hydrogen-bond donors (Lipinski definition) is 1. The molecule has 0 radical (unpaired) electrons. The Morgan fingerprint density at radius 1 is 1.10 bits per heavy atom. The standard InChI is InChI=1S/C22H16ClN3O3S/c1-28-19-12-14(13-24-26-22-25-17-4-2-3-5-20(17)30-22)6-11-18(19)29-21(27)15-7-9-16(23)10-8-15/h2-13H,1H3,(H,25,26). The molecule has 1 aromatic heterocycles. The van der Waals surface area contributed by atoms with Crippen LogP contribution >= 0.6 is 22.9 Å². The molecule has 30 heavy (non-hydrogen) atoms. The molecular weight excluding hydrogens is 422 g/mol. The van der Waals surface area contributed by atoms with E-state index in [1.807, 2.05) is 24.3 Å². The molecule has 4 aromatic rings. The summed E-state index contributed by atoms with van der Waals surface area (Å²) in [4.78, 5) is 16.8. The highest BCUT2D eigenvalue weighted by atomic mass is 35.5. The van der Waals surface area contributed by atoms with E-state index in [9.17, 15) is 4.79 Å². The van der Waals surface area contributed by atoms with E-state index < -0.39 is 5.97 Å². The fourth-order valence-electron chi connectivity index (χ4n) is 2.68. The molecule has 0 saturated heterocycles. The number of thiazole rings is 1. The molecule has 1 heterocycles. The van der Waals surface area contributed by atoms with Crippen LogP contribution in [0.2, 0.25) is 5.02 Å². The van der Waals surface area contributed by atoms with Crippen LogP contribution in [-0.4, -0.2) is 24.3 Å². The number of fused-ring (bicyclic) bond motifs is 1. The largest absolute Gasteiger partial charge is 0.493 e. The molecule has 6 nitrogen and oxygen atoms in total. The van der Waals surface area contributed by atoms with Crippen LogP contribution in [0.3, 0.4) is 0 Å². The number of methoxy groups -OCH3 is 1. The third kappa shape index (κ3) is 4.59. The van der Waals surface area contributed by atoms with Gasteiger partial charge in [-0.3, -0.25) is 5.43 Å². The zero-order chi connectivity index (χ0) is 20.9. The van der Waals surface area contributed by atoms with Crippen LogP contribution in [0.5, 0.6) is 11.5 Å². The summed E-state index contributed by atoms with van der Waals surface area (Å²) in [6.45, 7) is 0. The van der Waals surface area contributed by atoms with Crippen molar-refractivity contribution < 1.29 is 14.3 Å². The number of esters is 1. The SMILES string of the molecule is COc1cc(C=NNc2nc3ccccc3s2)ccc1OC(=O)c1ccc(Cl)cc1. The van der Waals surface area contributed by atoms with Crippen LogP contribution in [0.15, 0.2) is 71.8 Å². The minimum absolute atomic E-state index is 0.314. The molecular formula is C22H16ClN3O3S. The first-order valence-corrected chi connectivity index (χ1v) is 10.1. The van der Waals surface area contributed by atoms with Gasteiger partial charge in [0, 0.05) is 5.02 Å². The number of hydrogen-bond acceptors (Lipinski definition) is 7. The van der Waals surface area contributed by atoms with E-state index >= 15 is 0 Å². The predicted octanol–water partition coefficient (Wildman–Crippen LogP) is 5.62. The zero-order valence-electron chi connectivity index (χ0n) is 15.8. The number of nitrogens with one attached hydrogen (secondary N) is 1. The molecule has 3 aromatic carbocycles. The van der Waals surface area contributed by atoms with Gasteiger partial charge < -0.3 is 9.47 Å². The van der Waals surface area contributed by atoms with E-state index in [4.69, 9.17) is 21.1 Å². The van der Waals surface area contributed by atoms with Crippen LogP contribution < -0.4 is 14.9 Å². The smallest absolute Gasteiger partial charge is 0.343 e. The number of hydrazone groups is 1. The second-order valence-corrected chi connectivity index (χ2v) is 7.63. The Morgan fingerprint density at radius 2 is 1.90 bits per heavy atom. The monoisotopic (exact) mass is 437 g/mol. The maximum atomic E-state index is 12.3. The summed E-state index contributed by atoms with van der Waals surface area (Å²) in [6, 6.07) is 19.5. The molecule has 0 fully saturated rings. The number of benzene rings is 3. The number of ether oxygens (including phenoxy) is 2. The molecule has 0 atom stereocenters. The van der Waals surface area contributed by atoms with Gasteiger partial charge in [0.15, 0.2) is 11.5 Å². The quantitative estimate of drug-likeness (QED) is 0.183. The number of anilines is 1. The lowest BCUT2D eigenvalue weighted by Gasteiger charge is -2.10. The maximum absolute atomic E-state index is 12.3. The predicted molar refractivity (Wildman–Crippen MR) is 120 cm³/mol. The second kappa shape index (κ2) is 8.94. The Kier molecular flexibility index (Phi) is 5.92. The Labute approximate surface area is 181 Å². The van der Waals surface area contributed by atoms with E-state index in [1.54, 1.807) is 48.7 Å². The van der Waals surface area contributed by atoms with Crippen LogP contribution in [0.1, 0.15) is 15.9 Å². The van der Waals surface area contributed by atoms with Gasteiger partial charge in [-0.05, 0) is 60.2 Å². The number of aromatic nitrogens is 1. The number of para-hydroxylation sites is 1. The number of rotatable bonds is 6. The molecule has 0 amide bonds. The average molecular weight is 438 g/mol. The van der Waals surface area contributed by atoms with Gasteiger partial charge in [0.2, 0.25) is 5.13 Å². The van der Waals surface area contributed by atoms with Crippen molar-refractivity contribution in [3.8, 4) is 11.5 Å². The normalized spacial score (nSPS) is 11.0. The number of halogens is 1. The molecule has 0 bridgehead atoms. The lowest BCUT2D eigenvalue weighted by Crippen LogP contribution is -2.09. The first kappa shape index (κ1) is 19.9. The van der Waals surface area contributed by atoms with Gasteiger partial charge >= 0.3 is 5.97 Å². The molecule has 0 aliphatic rings. The third-order valence-electron chi connectivity index (χ3n) is 4.14. The number of carbonyl (C=O) groups is 1. The van der Waals surface area contributed by atoms with Crippen molar-refractivity contribution >= 4 is 50.5 Å². The lowest BCUT2D eigenvalue weighted by atomic mass is 10.2. The van der Waals surface area contributed by atoms with Crippen LogP contribution in [0, 0.1) is 0 Å². The Hall–Kier alpha value is -3.42. The molecule has 1 N–H and O–H groups in total. The molecule has 0 spiro atoms. The van der Waals surface area contributed by atoms with Crippen LogP contribution in [0.25, 0.3) is 10.2 Å². The van der Waals surface area contributed by atoms with Crippen molar-refractivity contribution in [2.45, 2.75) is 0 Å². The minimum Gasteiger partial charge on any atom is -0.493 e. The van der Waals surface area contributed by atoms with E-state index in [0.717, 1.165) is 15.8 Å². The van der Waals surface area contributed by atoms with Crippen LogP contribution in [-0.2, 0) is 0 Å². The molecule has 4 rings (SSSR count). The Balaban J connectivity index is 1.45. The topological polar surface area (TPSA) is 72.8 Å². The van der Waals surface area contributed by atoms with E-state index in [-0.39, 0.29) is 0 Å².